The van der Waals surface area contributed by atoms with Crippen molar-refractivity contribution in [3.05, 3.63) is 17.5 Å². The van der Waals surface area contributed by atoms with E-state index in [0.29, 0.717) is 6.42 Å². The zero-order valence-electron chi connectivity index (χ0n) is 13.6. The van der Waals surface area contributed by atoms with Crippen LogP contribution in [0.3, 0.4) is 0 Å². The van der Waals surface area contributed by atoms with Crippen LogP contribution in [0.5, 0.6) is 0 Å². The van der Waals surface area contributed by atoms with Crippen molar-refractivity contribution in [2.45, 2.75) is 65.2 Å². The van der Waals surface area contributed by atoms with E-state index in [2.05, 4.69) is 12.0 Å². The number of unbranched alkanes of at least 4 members (excludes halogenated alkanes) is 1. The SMILES string of the molecule is CCCCC1CCC(Cc2cc(C)nn2C)(C(=O)O)CC1. The number of aromatic nitrogens is 2. The Labute approximate surface area is 127 Å². The van der Waals surface area contributed by atoms with Crippen LogP contribution in [0, 0.1) is 18.3 Å². The quantitative estimate of drug-likeness (QED) is 0.869. The second-order valence-electron chi connectivity index (χ2n) is 6.75. The number of rotatable bonds is 6. The normalized spacial score (nSPS) is 26.0. The second kappa shape index (κ2) is 6.63. The van der Waals surface area contributed by atoms with Crippen LogP contribution in [0.15, 0.2) is 6.07 Å². The van der Waals surface area contributed by atoms with E-state index >= 15 is 0 Å². The first-order valence-corrected chi connectivity index (χ1v) is 8.20. The molecule has 0 spiro atoms. The highest BCUT2D eigenvalue weighted by Gasteiger charge is 2.42. The number of aliphatic carboxylic acids is 1. The Bertz CT molecular complexity index is 485. The number of hydrogen-bond acceptors (Lipinski definition) is 2. The number of hydrogen-bond donors (Lipinski definition) is 1. The molecule has 0 saturated heterocycles. The monoisotopic (exact) mass is 292 g/mol. The highest BCUT2D eigenvalue weighted by atomic mass is 16.4. The summed E-state index contributed by atoms with van der Waals surface area (Å²) < 4.78 is 1.84. The molecule has 0 amide bonds. The maximum absolute atomic E-state index is 11.9. The second-order valence-corrected chi connectivity index (χ2v) is 6.75. The summed E-state index contributed by atoms with van der Waals surface area (Å²) in [7, 11) is 1.91. The van der Waals surface area contributed by atoms with Crippen molar-refractivity contribution in [1.29, 1.82) is 0 Å². The maximum atomic E-state index is 11.9. The van der Waals surface area contributed by atoms with Gasteiger partial charge in [-0.3, -0.25) is 9.48 Å². The van der Waals surface area contributed by atoms with Crippen molar-refractivity contribution in [3.63, 3.8) is 0 Å². The molecule has 0 unspecified atom stereocenters. The molecule has 21 heavy (non-hydrogen) atoms. The van der Waals surface area contributed by atoms with Gasteiger partial charge in [-0.1, -0.05) is 26.2 Å². The van der Waals surface area contributed by atoms with Crippen molar-refractivity contribution in [2.75, 3.05) is 0 Å². The van der Waals surface area contributed by atoms with E-state index in [4.69, 9.17) is 0 Å². The average Bonchev–Trinajstić information content (AvgIpc) is 2.76. The molecule has 1 aromatic rings. The summed E-state index contributed by atoms with van der Waals surface area (Å²) in [4.78, 5) is 11.9. The van der Waals surface area contributed by atoms with E-state index in [9.17, 15) is 9.90 Å². The van der Waals surface area contributed by atoms with Gasteiger partial charge in [-0.05, 0) is 44.6 Å². The summed E-state index contributed by atoms with van der Waals surface area (Å²) in [5.74, 6) is 0.0981. The standard InChI is InChI=1S/C17H28N2O2/c1-4-5-6-14-7-9-17(10-8-14,16(20)21)12-15-11-13(2)18-19(15)3/h11,14H,4-10,12H2,1-3H3,(H,20,21). The lowest BCUT2D eigenvalue weighted by molar-refractivity contribution is -0.151. The van der Waals surface area contributed by atoms with Gasteiger partial charge in [-0.2, -0.15) is 5.10 Å². The molecule has 0 atom stereocenters. The Morgan fingerprint density at radius 3 is 2.62 bits per heavy atom. The van der Waals surface area contributed by atoms with Crippen molar-refractivity contribution in [2.24, 2.45) is 18.4 Å². The third kappa shape index (κ3) is 3.66. The Morgan fingerprint density at radius 1 is 1.48 bits per heavy atom. The van der Waals surface area contributed by atoms with E-state index in [0.717, 1.165) is 43.0 Å². The Morgan fingerprint density at radius 2 is 2.14 bits per heavy atom. The lowest BCUT2D eigenvalue weighted by Gasteiger charge is -2.37. The average molecular weight is 292 g/mol. The van der Waals surface area contributed by atoms with Crippen LogP contribution in [0.2, 0.25) is 0 Å². The number of carboxylic acids is 1. The van der Waals surface area contributed by atoms with E-state index in [1.54, 1.807) is 0 Å². The third-order valence-electron chi connectivity index (χ3n) is 5.10. The van der Waals surface area contributed by atoms with Crippen molar-refractivity contribution >= 4 is 5.97 Å². The van der Waals surface area contributed by atoms with Gasteiger partial charge in [0, 0.05) is 19.2 Å². The first-order chi connectivity index (χ1) is 9.97. The molecule has 0 aliphatic heterocycles. The minimum absolute atomic E-state index is 0.580. The Hall–Kier alpha value is -1.32. The fraction of sp³-hybridized carbons (Fsp3) is 0.765. The molecular formula is C17H28N2O2. The van der Waals surface area contributed by atoms with Gasteiger partial charge in [0.15, 0.2) is 0 Å². The van der Waals surface area contributed by atoms with Crippen molar-refractivity contribution in [3.8, 4) is 0 Å². The first-order valence-electron chi connectivity index (χ1n) is 8.20. The third-order valence-corrected chi connectivity index (χ3v) is 5.10. The fourth-order valence-electron chi connectivity index (χ4n) is 3.65. The van der Waals surface area contributed by atoms with Crippen LogP contribution < -0.4 is 0 Å². The highest BCUT2D eigenvalue weighted by Crippen LogP contribution is 2.43. The number of carboxylic acid groups (broad SMARTS) is 1. The first kappa shape index (κ1) is 16.1. The van der Waals surface area contributed by atoms with Crippen LogP contribution in [-0.2, 0) is 18.3 Å². The molecule has 0 aromatic carbocycles. The molecule has 1 aliphatic rings. The number of nitrogens with zero attached hydrogens (tertiary/aromatic N) is 2. The lowest BCUT2D eigenvalue weighted by Crippen LogP contribution is -2.38. The predicted molar refractivity (Wildman–Crippen MR) is 83.2 cm³/mol. The highest BCUT2D eigenvalue weighted by molar-refractivity contribution is 5.75. The molecular weight excluding hydrogens is 264 g/mol. The number of carbonyl (C=O) groups is 1. The van der Waals surface area contributed by atoms with Gasteiger partial charge >= 0.3 is 5.97 Å². The van der Waals surface area contributed by atoms with Crippen molar-refractivity contribution < 1.29 is 9.90 Å². The molecule has 1 N–H and O–H groups in total. The molecule has 2 rings (SSSR count). The molecule has 0 radical (unpaired) electrons. The molecule has 1 heterocycles. The predicted octanol–water partition coefficient (Wildman–Crippen LogP) is 3.72. The minimum atomic E-state index is -0.629. The zero-order chi connectivity index (χ0) is 15.5. The summed E-state index contributed by atoms with van der Waals surface area (Å²) >= 11 is 0. The number of aryl methyl sites for hydroxylation is 2. The van der Waals surface area contributed by atoms with Gasteiger partial charge in [0.25, 0.3) is 0 Å². The van der Waals surface area contributed by atoms with E-state index in [1.807, 2.05) is 24.7 Å². The van der Waals surface area contributed by atoms with Gasteiger partial charge in [0.05, 0.1) is 11.1 Å². The van der Waals surface area contributed by atoms with Gasteiger partial charge in [-0.25, -0.2) is 0 Å². The summed E-state index contributed by atoms with van der Waals surface area (Å²) in [6, 6.07) is 2.02. The van der Waals surface area contributed by atoms with Crippen LogP contribution in [0.25, 0.3) is 0 Å². The van der Waals surface area contributed by atoms with E-state index < -0.39 is 11.4 Å². The summed E-state index contributed by atoms with van der Waals surface area (Å²) in [6.45, 7) is 4.17. The Kier molecular flexibility index (Phi) is 5.07. The van der Waals surface area contributed by atoms with E-state index in [-0.39, 0.29) is 0 Å². The molecule has 1 fully saturated rings. The van der Waals surface area contributed by atoms with Crippen LogP contribution in [0.4, 0.5) is 0 Å². The summed E-state index contributed by atoms with van der Waals surface area (Å²) in [5.41, 5.74) is 1.43. The van der Waals surface area contributed by atoms with Crippen LogP contribution in [-0.4, -0.2) is 20.9 Å². The molecule has 1 aromatic heterocycles. The fourth-order valence-corrected chi connectivity index (χ4v) is 3.65. The summed E-state index contributed by atoms with van der Waals surface area (Å²) in [5, 5.41) is 14.1. The summed E-state index contributed by atoms with van der Waals surface area (Å²) in [6.07, 6.45) is 8.10. The molecule has 4 heteroatoms. The van der Waals surface area contributed by atoms with Crippen molar-refractivity contribution in [1.82, 2.24) is 9.78 Å². The topological polar surface area (TPSA) is 55.1 Å². The molecule has 1 saturated carbocycles. The van der Waals surface area contributed by atoms with Gasteiger partial charge in [-0.15, -0.1) is 0 Å². The van der Waals surface area contributed by atoms with Crippen LogP contribution >= 0.6 is 0 Å². The largest absolute Gasteiger partial charge is 0.481 e. The zero-order valence-corrected chi connectivity index (χ0v) is 13.6. The minimum Gasteiger partial charge on any atom is -0.481 e. The smallest absolute Gasteiger partial charge is 0.310 e. The Balaban J connectivity index is 2.06. The van der Waals surface area contributed by atoms with Gasteiger partial charge in [0.1, 0.15) is 0 Å². The lowest BCUT2D eigenvalue weighted by atomic mass is 9.67. The molecule has 1 aliphatic carbocycles. The van der Waals surface area contributed by atoms with Gasteiger partial charge in [0.2, 0.25) is 0 Å². The molecule has 4 nitrogen and oxygen atoms in total. The molecule has 0 bridgehead atoms. The van der Waals surface area contributed by atoms with Crippen LogP contribution in [0.1, 0.15) is 63.3 Å². The molecule has 118 valence electrons. The van der Waals surface area contributed by atoms with E-state index in [1.165, 1.54) is 19.3 Å². The van der Waals surface area contributed by atoms with Gasteiger partial charge < -0.3 is 5.11 Å². The maximum Gasteiger partial charge on any atom is 0.310 e.